The lowest BCUT2D eigenvalue weighted by Gasteiger charge is -2.14. The summed E-state index contributed by atoms with van der Waals surface area (Å²) in [6.07, 6.45) is 0. The van der Waals surface area contributed by atoms with Gasteiger partial charge in [0, 0.05) is 20.0 Å². The van der Waals surface area contributed by atoms with Gasteiger partial charge in [-0.1, -0.05) is 11.6 Å². The van der Waals surface area contributed by atoms with Crippen LogP contribution in [0.4, 0.5) is 0 Å². The van der Waals surface area contributed by atoms with Crippen LogP contribution in [0.15, 0.2) is 12.1 Å². The standard InChI is InChI=1S/C11H12ClN3O2/c1-7(16)13-4-5-15-6-9-8(11(15)17)2-3-10(12)14-9/h2-3H,4-6H2,1H3,(H,13,16). The molecule has 0 fully saturated rings. The van der Waals surface area contributed by atoms with Gasteiger partial charge in [0.25, 0.3) is 5.91 Å². The van der Waals surface area contributed by atoms with Gasteiger partial charge in [-0.25, -0.2) is 4.98 Å². The smallest absolute Gasteiger partial charge is 0.256 e. The van der Waals surface area contributed by atoms with Gasteiger partial charge in [0.1, 0.15) is 5.15 Å². The largest absolute Gasteiger partial charge is 0.355 e. The van der Waals surface area contributed by atoms with Crippen molar-refractivity contribution in [2.24, 2.45) is 0 Å². The molecule has 1 aromatic rings. The Labute approximate surface area is 104 Å². The van der Waals surface area contributed by atoms with E-state index in [-0.39, 0.29) is 11.8 Å². The van der Waals surface area contributed by atoms with Crippen molar-refractivity contribution < 1.29 is 9.59 Å². The van der Waals surface area contributed by atoms with E-state index < -0.39 is 0 Å². The van der Waals surface area contributed by atoms with Gasteiger partial charge in [-0.3, -0.25) is 9.59 Å². The van der Waals surface area contributed by atoms with Crippen molar-refractivity contribution in [2.45, 2.75) is 13.5 Å². The number of amides is 2. The van der Waals surface area contributed by atoms with E-state index in [4.69, 9.17) is 11.6 Å². The zero-order valence-electron chi connectivity index (χ0n) is 9.36. The summed E-state index contributed by atoms with van der Waals surface area (Å²) in [4.78, 5) is 28.4. The molecule has 2 rings (SSSR count). The van der Waals surface area contributed by atoms with Crippen LogP contribution in [0.3, 0.4) is 0 Å². The van der Waals surface area contributed by atoms with Crippen molar-refractivity contribution >= 4 is 23.4 Å². The lowest BCUT2D eigenvalue weighted by Crippen LogP contribution is -2.34. The number of halogens is 1. The molecule has 2 heterocycles. The van der Waals surface area contributed by atoms with Crippen molar-refractivity contribution in [3.8, 4) is 0 Å². The van der Waals surface area contributed by atoms with E-state index in [2.05, 4.69) is 10.3 Å². The minimum Gasteiger partial charge on any atom is -0.355 e. The molecule has 0 unspecified atom stereocenters. The van der Waals surface area contributed by atoms with Gasteiger partial charge in [-0.15, -0.1) is 0 Å². The molecule has 0 bridgehead atoms. The number of hydrogen-bond donors (Lipinski definition) is 1. The Morgan fingerprint density at radius 1 is 1.59 bits per heavy atom. The number of nitrogens with zero attached hydrogens (tertiary/aromatic N) is 2. The van der Waals surface area contributed by atoms with Gasteiger partial charge in [0.15, 0.2) is 0 Å². The van der Waals surface area contributed by atoms with Gasteiger partial charge in [0.2, 0.25) is 5.91 Å². The lowest BCUT2D eigenvalue weighted by atomic mass is 10.2. The Morgan fingerprint density at radius 3 is 3.06 bits per heavy atom. The first-order chi connectivity index (χ1) is 8.08. The number of aromatic nitrogens is 1. The minimum atomic E-state index is -0.102. The van der Waals surface area contributed by atoms with Crippen LogP contribution < -0.4 is 5.32 Å². The Hall–Kier alpha value is -1.62. The fraction of sp³-hybridized carbons (Fsp3) is 0.364. The SMILES string of the molecule is CC(=O)NCCN1Cc2nc(Cl)ccc2C1=O. The van der Waals surface area contributed by atoms with E-state index in [0.29, 0.717) is 36.0 Å². The van der Waals surface area contributed by atoms with Gasteiger partial charge < -0.3 is 10.2 Å². The van der Waals surface area contributed by atoms with Crippen LogP contribution in [0.25, 0.3) is 0 Å². The third-order valence-electron chi connectivity index (χ3n) is 2.55. The summed E-state index contributed by atoms with van der Waals surface area (Å²) in [7, 11) is 0. The number of pyridine rings is 1. The van der Waals surface area contributed by atoms with E-state index in [1.807, 2.05) is 0 Å². The molecule has 0 aliphatic carbocycles. The van der Waals surface area contributed by atoms with Crippen LogP contribution in [0.2, 0.25) is 5.15 Å². The summed E-state index contributed by atoms with van der Waals surface area (Å²) >= 11 is 5.77. The van der Waals surface area contributed by atoms with E-state index in [1.54, 1.807) is 17.0 Å². The second-order valence-corrected chi connectivity index (χ2v) is 4.23. The number of nitrogens with one attached hydrogen (secondary N) is 1. The van der Waals surface area contributed by atoms with Crippen LogP contribution >= 0.6 is 11.6 Å². The van der Waals surface area contributed by atoms with Crippen LogP contribution in [0.5, 0.6) is 0 Å². The molecule has 0 radical (unpaired) electrons. The third-order valence-corrected chi connectivity index (χ3v) is 2.76. The fourth-order valence-electron chi connectivity index (χ4n) is 1.76. The quantitative estimate of drug-likeness (QED) is 0.812. The average Bonchev–Trinajstić information content (AvgIpc) is 2.55. The molecule has 0 saturated heterocycles. The fourth-order valence-corrected chi connectivity index (χ4v) is 1.93. The Balaban J connectivity index is 2.02. The predicted octanol–water partition coefficient (Wildman–Crippen LogP) is 0.827. The highest BCUT2D eigenvalue weighted by atomic mass is 35.5. The molecule has 0 saturated carbocycles. The molecule has 1 N–H and O–H groups in total. The highest BCUT2D eigenvalue weighted by Gasteiger charge is 2.28. The third kappa shape index (κ3) is 2.55. The summed E-state index contributed by atoms with van der Waals surface area (Å²) in [5.41, 5.74) is 1.29. The topological polar surface area (TPSA) is 62.3 Å². The number of carbonyl (C=O) groups is 2. The predicted molar refractivity (Wildman–Crippen MR) is 62.7 cm³/mol. The molecular weight excluding hydrogens is 242 g/mol. The van der Waals surface area contributed by atoms with Gasteiger partial charge in [0.05, 0.1) is 17.8 Å². The molecular formula is C11H12ClN3O2. The zero-order valence-corrected chi connectivity index (χ0v) is 10.1. The molecule has 1 aliphatic heterocycles. The van der Waals surface area contributed by atoms with Gasteiger partial charge in [-0.05, 0) is 12.1 Å². The molecule has 90 valence electrons. The van der Waals surface area contributed by atoms with E-state index >= 15 is 0 Å². The normalized spacial score (nSPS) is 13.8. The highest BCUT2D eigenvalue weighted by molar-refractivity contribution is 6.29. The summed E-state index contributed by atoms with van der Waals surface area (Å²) in [5.74, 6) is -0.162. The summed E-state index contributed by atoms with van der Waals surface area (Å²) in [6, 6.07) is 3.29. The van der Waals surface area contributed by atoms with Crippen molar-refractivity contribution in [1.82, 2.24) is 15.2 Å². The minimum absolute atomic E-state index is 0.0606. The molecule has 1 aliphatic rings. The number of rotatable bonds is 3. The van der Waals surface area contributed by atoms with Gasteiger partial charge >= 0.3 is 0 Å². The second-order valence-electron chi connectivity index (χ2n) is 3.84. The van der Waals surface area contributed by atoms with Gasteiger partial charge in [-0.2, -0.15) is 0 Å². The average molecular weight is 254 g/mol. The van der Waals surface area contributed by atoms with Crippen LogP contribution in [-0.4, -0.2) is 34.8 Å². The van der Waals surface area contributed by atoms with Crippen molar-refractivity contribution in [3.05, 3.63) is 28.5 Å². The van der Waals surface area contributed by atoms with E-state index in [1.165, 1.54) is 6.92 Å². The van der Waals surface area contributed by atoms with Crippen LogP contribution in [-0.2, 0) is 11.3 Å². The molecule has 17 heavy (non-hydrogen) atoms. The van der Waals surface area contributed by atoms with E-state index in [9.17, 15) is 9.59 Å². The number of carbonyl (C=O) groups excluding carboxylic acids is 2. The van der Waals surface area contributed by atoms with Crippen molar-refractivity contribution in [2.75, 3.05) is 13.1 Å². The zero-order chi connectivity index (χ0) is 12.4. The molecule has 6 heteroatoms. The maximum absolute atomic E-state index is 11.9. The molecule has 5 nitrogen and oxygen atoms in total. The van der Waals surface area contributed by atoms with Crippen molar-refractivity contribution in [1.29, 1.82) is 0 Å². The molecule has 0 spiro atoms. The first-order valence-corrected chi connectivity index (χ1v) is 5.65. The lowest BCUT2D eigenvalue weighted by molar-refractivity contribution is -0.119. The Morgan fingerprint density at radius 2 is 2.35 bits per heavy atom. The highest BCUT2D eigenvalue weighted by Crippen LogP contribution is 2.22. The molecule has 0 aromatic carbocycles. The number of hydrogen-bond acceptors (Lipinski definition) is 3. The summed E-state index contributed by atoms with van der Waals surface area (Å²) in [6.45, 7) is 2.82. The van der Waals surface area contributed by atoms with Crippen LogP contribution in [0.1, 0.15) is 23.0 Å². The number of fused-ring (bicyclic) bond motifs is 1. The maximum Gasteiger partial charge on any atom is 0.256 e. The molecule has 1 aromatic heterocycles. The Bertz CT molecular complexity index is 476. The Kier molecular flexibility index (Phi) is 3.28. The first-order valence-electron chi connectivity index (χ1n) is 5.27. The molecule has 2 amide bonds. The monoisotopic (exact) mass is 253 g/mol. The maximum atomic E-state index is 11.9. The summed E-state index contributed by atoms with van der Waals surface area (Å²) in [5, 5.41) is 3.04. The second kappa shape index (κ2) is 4.71. The van der Waals surface area contributed by atoms with E-state index in [0.717, 1.165) is 0 Å². The summed E-state index contributed by atoms with van der Waals surface area (Å²) < 4.78 is 0. The first kappa shape index (κ1) is 11.9. The molecule has 0 atom stereocenters. The van der Waals surface area contributed by atoms with Crippen molar-refractivity contribution in [3.63, 3.8) is 0 Å². The van der Waals surface area contributed by atoms with Crippen LogP contribution in [0, 0.1) is 0 Å².